The first-order chi connectivity index (χ1) is 9.90. The molecule has 1 N–H and O–H groups in total. The molecular weight excluding hydrogens is 248 g/mol. The molecule has 0 unspecified atom stereocenters. The number of benzene rings is 1. The lowest BCUT2D eigenvalue weighted by molar-refractivity contribution is 0.284. The fourth-order valence-electron chi connectivity index (χ4n) is 3.14. The Morgan fingerprint density at radius 1 is 1.20 bits per heavy atom. The minimum atomic E-state index is 0.711. The summed E-state index contributed by atoms with van der Waals surface area (Å²) in [5.41, 5.74) is 3.84. The lowest BCUT2D eigenvalue weighted by atomic mass is 10.2. The van der Waals surface area contributed by atoms with Gasteiger partial charge < -0.3 is 9.88 Å². The zero-order chi connectivity index (χ0) is 13.4. The van der Waals surface area contributed by atoms with E-state index in [1.54, 1.807) is 0 Å². The summed E-state index contributed by atoms with van der Waals surface area (Å²) in [7, 11) is 0. The predicted molar refractivity (Wildman–Crippen MR) is 80.8 cm³/mol. The average molecular weight is 270 g/mol. The summed E-state index contributed by atoms with van der Waals surface area (Å²) < 4.78 is 2.34. The van der Waals surface area contributed by atoms with Crippen LogP contribution in [0, 0.1) is 0 Å². The van der Waals surface area contributed by atoms with Crippen molar-refractivity contribution in [2.75, 3.05) is 26.2 Å². The van der Waals surface area contributed by atoms with Crippen LogP contribution in [0.25, 0.3) is 11.0 Å². The van der Waals surface area contributed by atoms with Crippen LogP contribution in [0.3, 0.4) is 0 Å². The van der Waals surface area contributed by atoms with E-state index in [1.807, 2.05) is 6.33 Å². The number of hydrogen-bond donors (Lipinski definition) is 1. The first-order valence-corrected chi connectivity index (χ1v) is 7.79. The molecule has 2 fully saturated rings. The summed E-state index contributed by atoms with van der Waals surface area (Å²) in [5.74, 6) is 0. The van der Waals surface area contributed by atoms with Crippen LogP contribution in [0.2, 0.25) is 0 Å². The number of rotatable bonds is 3. The third-order valence-corrected chi connectivity index (χ3v) is 4.42. The van der Waals surface area contributed by atoms with Crippen molar-refractivity contribution in [1.29, 1.82) is 0 Å². The van der Waals surface area contributed by atoms with Crippen LogP contribution in [0.15, 0.2) is 24.5 Å². The molecule has 2 aromatic rings. The van der Waals surface area contributed by atoms with Crippen LogP contribution >= 0.6 is 0 Å². The Kier molecular flexibility index (Phi) is 3.20. The molecule has 1 aromatic carbocycles. The number of nitrogens with zero attached hydrogens (tertiary/aromatic N) is 3. The molecule has 0 amide bonds. The van der Waals surface area contributed by atoms with Crippen molar-refractivity contribution in [2.24, 2.45) is 0 Å². The fourth-order valence-corrected chi connectivity index (χ4v) is 3.14. The number of imidazole rings is 1. The molecule has 4 heteroatoms. The molecule has 4 rings (SSSR count). The highest BCUT2D eigenvalue weighted by molar-refractivity contribution is 5.76. The lowest BCUT2D eigenvalue weighted by Gasteiger charge is -2.19. The maximum atomic E-state index is 4.58. The second-order valence-electron chi connectivity index (χ2n) is 6.09. The molecule has 0 atom stereocenters. The van der Waals surface area contributed by atoms with E-state index in [1.165, 1.54) is 36.9 Å². The van der Waals surface area contributed by atoms with E-state index < -0.39 is 0 Å². The molecule has 1 saturated heterocycles. The minimum Gasteiger partial charge on any atom is -0.327 e. The third-order valence-electron chi connectivity index (χ3n) is 4.42. The molecule has 0 radical (unpaired) electrons. The van der Waals surface area contributed by atoms with E-state index in [2.05, 4.69) is 38.0 Å². The monoisotopic (exact) mass is 270 g/mol. The average Bonchev–Trinajstić information content (AvgIpc) is 3.25. The van der Waals surface area contributed by atoms with Gasteiger partial charge in [0.25, 0.3) is 0 Å². The molecule has 1 saturated carbocycles. The number of fused-ring (bicyclic) bond motifs is 1. The summed E-state index contributed by atoms with van der Waals surface area (Å²) in [4.78, 5) is 7.12. The van der Waals surface area contributed by atoms with Crippen molar-refractivity contribution in [3.05, 3.63) is 30.1 Å². The SMILES string of the molecule is c1cc2c(cc1CN1CCCNCC1)ncn2C1CC1. The summed E-state index contributed by atoms with van der Waals surface area (Å²) in [5, 5.41) is 3.46. The molecule has 2 aliphatic rings. The van der Waals surface area contributed by atoms with Crippen LogP contribution < -0.4 is 5.32 Å². The van der Waals surface area contributed by atoms with E-state index in [0.29, 0.717) is 6.04 Å². The van der Waals surface area contributed by atoms with Gasteiger partial charge in [0.15, 0.2) is 0 Å². The van der Waals surface area contributed by atoms with Gasteiger partial charge in [-0.3, -0.25) is 4.90 Å². The molecule has 2 heterocycles. The Balaban J connectivity index is 1.54. The minimum absolute atomic E-state index is 0.711. The second-order valence-corrected chi connectivity index (χ2v) is 6.09. The molecule has 106 valence electrons. The third kappa shape index (κ3) is 2.45. The lowest BCUT2D eigenvalue weighted by Crippen LogP contribution is -2.27. The first-order valence-electron chi connectivity index (χ1n) is 7.79. The van der Waals surface area contributed by atoms with Crippen LogP contribution in [0.5, 0.6) is 0 Å². The molecule has 1 aliphatic carbocycles. The zero-order valence-corrected chi connectivity index (χ0v) is 11.9. The highest BCUT2D eigenvalue weighted by atomic mass is 15.1. The topological polar surface area (TPSA) is 33.1 Å². The quantitative estimate of drug-likeness (QED) is 0.928. The van der Waals surface area contributed by atoms with Gasteiger partial charge in [-0.15, -0.1) is 0 Å². The smallest absolute Gasteiger partial charge is 0.0960 e. The van der Waals surface area contributed by atoms with Gasteiger partial charge in [0.2, 0.25) is 0 Å². The molecule has 0 spiro atoms. The summed E-state index contributed by atoms with van der Waals surface area (Å²) >= 11 is 0. The Bertz CT molecular complexity index is 592. The van der Waals surface area contributed by atoms with Crippen molar-refractivity contribution in [3.63, 3.8) is 0 Å². The standard InChI is InChI=1S/C16H22N4/c1-6-17-7-9-19(8-1)11-13-2-5-16-15(10-13)18-12-20(16)14-3-4-14/h2,5,10,12,14,17H,1,3-4,6-9,11H2. The van der Waals surface area contributed by atoms with E-state index in [4.69, 9.17) is 0 Å². The summed E-state index contributed by atoms with van der Waals surface area (Å²) in [6.07, 6.45) is 5.89. The fraction of sp³-hybridized carbons (Fsp3) is 0.562. The van der Waals surface area contributed by atoms with E-state index in [0.717, 1.165) is 31.7 Å². The zero-order valence-electron chi connectivity index (χ0n) is 11.9. The number of aromatic nitrogens is 2. The van der Waals surface area contributed by atoms with Crippen LogP contribution in [-0.4, -0.2) is 40.6 Å². The largest absolute Gasteiger partial charge is 0.327 e. The van der Waals surface area contributed by atoms with Gasteiger partial charge in [-0.2, -0.15) is 0 Å². The van der Waals surface area contributed by atoms with Gasteiger partial charge in [-0.05, 0) is 50.0 Å². The summed E-state index contributed by atoms with van der Waals surface area (Å²) in [6, 6.07) is 7.52. The molecule has 0 bridgehead atoms. The van der Waals surface area contributed by atoms with Gasteiger partial charge in [-0.25, -0.2) is 4.98 Å². The molecule has 1 aliphatic heterocycles. The van der Waals surface area contributed by atoms with Gasteiger partial charge in [-0.1, -0.05) is 6.07 Å². The van der Waals surface area contributed by atoms with Gasteiger partial charge in [0, 0.05) is 25.7 Å². The molecule has 4 nitrogen and oxygen atoms in total. The second kappa shape index (κ2) is 5.19. The van der Waals surface area contributed by atoms with Crippen molar-refractivity contribution < 1.29 is 0 Å². The van der Waals surface area contributed by atoms with E-state index >= 15 is 0 Å². The Hall–Kier alpha value is -1.39. The summed E-state index contributed by atoms with van der Waals surface area (Å²) in [6.45, 7) is 5.66. The van der Waals surface area contributed by atoms with Crippen LogP contribution in [0.1, 0.15) is 30.9 Å². The Morgan fingerprint density at radius 3 is 3.05 bits per heavy atom. The van der Waals surface area contributed by atoms with Crippen LogP contribution in [0.4, 0.5) is 0 Å². The van der Waals surface area contributed by atoms with Crippen molar-refractivity contribution in [1.82, 2.24) is 19.8 Å². The first kappa shape index (κ1) is 12.4. The maximum Gasteiger partial charge on any atom is 0.0960 e. The van der Waals surface area contributed by atoms with Crippen LogP contribution in [-0.2, 0) is 6.54 Å². The van der Waals surface area contributed by atoms with Crippen molar-refractivity contribution in [2.45, 2.75) is 31.8 Å². The number of nitrogens with one attached hydrogen (secondary N) is 1. The van der Waals surface area contributed by atoms with Gasteiger partial charge >= 0.3 is 0 Å². The number of hydrogen-bond acceptors (Lipinski definition) is 3. The Morgan fingerprint density at radius 2 is 2.15 bits per heavy atom. The highest BCUT2D eigenvalue weighted by Gasteiger charge is 2.24. The predicted octanol–water partition coefficient (Wildman–Crippen LogP) is 2.17. The highest BCUT2D eigenvalue weighted by Crippen LogP contribution is 2.37. The van der Waals surface area contributed by atoms with Gasteiger partial charge in [0.1, 0.15) is 0 Å². The molecular formula is C16H22N4. The van der Waals surface area contributed by atoms with Crippen molar-refractivity contribution >= 4 is 11.0 Å². The molecule has 1 aromatic heterocycles. The van der Waals surface area contributed by atoms with E-state index in [9.17, 15) is 0 Å². The molecule has 20 heavy (non-hydrogen) atoms. The van der Waals surface area contributed by atoms with E-state index in [-0.39, 0.29) is 0 Å². The Labute approximate surface area is 119 Å². The van der Waals surface area contributed by atoms with Crippen molar-refractivity contribution in [3.8, 4) is 0 Å². The normalized spacial score (nSPS) is 21.2. The van der Waals surface area contributed by atoms with Gasteiger partial charge in [0.05, 0.1) is 17.4 Å². The maximum absolute atomic E-state index is 4.58.